The molecule has 2 aromatic rings. The minimum atomic E-state index is 0.526. The molecule has 2 fully saturated rings. The Morgan fingerprint density at radius 1 is 1.00 bits per heavy atom. The van der Waals surface area contributed by atoms with Crippen molar-refractivity contribution in [3.8, 4) is 0 Å². The third-order valence-electron chi connectivity index (χ3n) is 8.03. The average molecular weight is 402 g/mol. The summed E-state index contributed by atoms with van der Waals surface area (Å²) < 4.78 is 0. The van der Waals surface area contributed by atoms with E-state index in [2.05, 4.69) is 80.8 Å². The molecule has 30 heavy (non-hydrogen) atoms. The largest absolute Gasteiger partial charge is 0.371 e. The molecule has 4 rings (SSSR count). The first-order chi connectivity index (χ1) is 14.5. The van der Waals surface area contributed by atoms with Crippen LogP contribution in [0, 0.1) is 25.2 Å². The zero-order chi connectivity index (χ0) is 21.1. The van der Waals surface area contributed by atoms with Gasteiger partial charge in [-0.15, -0.1) is 0 Å². The molecule has 160 valence electrons. The van der Waals surface area contributed by atoms with Crippen LogP contribution in [0.4, 0.5) is 0 Å². The van der Waals surface area contributed by atoms with Crippen molar-refractivity contribution in [3.05, 3.63) is 77.4 Å². The summed E-state index contributed by atoms with van der Waals surface area (Å²) in [5.41, 5.74) is 7.33. The smallest absolute Gasteiger partial charge is 0.0366 e. The van der Waals surface area contributed by atoms with Gasteiger partial charge in [0, 0.05) is 18.8 Å². The standard InChI is InChI=1S/C29H39N/c1-5-9-25-19-28(26-10-7-6-8-11-26)21-29(20-25)14-16-30(17-15-29)24(4)27-13-12-22(2)23(3)18-27/h6-8,10-13,18,25,28H,4-5,9,14-17,19-21H2,1-3H3. The molecule has 0 amide bonds. The zero-order valence-corrected chi connectivity index (χ0v) is 19.3. The van der Waals surface area contributed by atoms with E-state index in [1.54, 1.807) is 5.56 Å². The maximum absolute atomic E-state index is 4.49. The molecule has 1 aliphatic heterocycles. The van der Waals surface area contributed by atoms with Crippen LogP contribution in [0.3, 0.4) is 0 Å². The summed E-state index contributed by atoms with van der Waals surface area (Å²) >= 11 is 0. The lowest BCUT2D eigenvalue weighted by molar-refractivity contribution is 0.0510. The maximum atomic E-state index is 4.49. The molecule has 2 aromatic carbocycles. The Morgan fingerprint density at radius 2 is 1.73 bits per heavy atom. The van der Waals surface area contributed by atoms with Crippen LogP contribution >= 0.6 is 0 Å². The molecule has 0 aromatic heterocycles. The second-order valence-corrected chi connectivity index (χ2v) is 10.1. The summed E-state index contributed by atoms with van der Waals surface area (Å²) in [6.45, 7) is 13.6. The van der Waals surface area contributed by atoms with Gasteiger partial charge in [-0.3, -0.25) is 0 Å². The van der Waals surface area contributed by atoms with Crippen LogP contribution in [0.5, 0.6) is 0 Å². The van der Waals surface area contributed by atoms with E-state index >= 15 is 0 Å². The number of benzene rings is 2. The third-order valence-corrected chi connectivity index (χ3v) is 8.03. The van der Waals surface area contributed by atoms with Crippen molar-refractivity contribution in [1.29, 1.82) is 0 Å². The van der Waals surface area contributed by atoms with E-state index in [1.165, 1.54) is 67.3 Å². The number of likely N-dealkylation sites (tertiary alicyclic amines) is 1. The first-order valence-corrected chi connectivity index (χ1v) is 12.1. The molecular weight excluding hydrogens is 362 g/mol. The van der Waals surface area contributed by atoms with Crippen molar-refractivity contribution < 1.29 is 0 Å². The molecule has 2 unspecified atom stereocenters. The molecule has 1 nitrogen and oxygen atoms in total. The van der Waals surface area contributed by atoms with Crippen LogP contribution in [0.2, 0.25) is 0 Å². The van der Waals surface area contributed by atoms with Crippen LogP contribution in [0.25, 0.3) is 5.70 Å². The summed E-state index contributed by atoms with van der Waals surface area (Å²) in [6.07, 6.45) is 9.55. The zero-order valence-electron chi connectivity index (χ0n) is 19.3. The molecule has 1 aliphatic carbocycles. The predicted octanol–water partition coefficient (Wildman–Crippen LogP) is 7.74. The minimum Gasteiger partial charge on any atom is -0.371 e. The number of hydrogen-bond donors (Lipinski definition) is 0. The van der Waals surface area contributed by atoms with Gasteiger partial charge in [0.1, 0.15) is 0 Å². The number of piperidine rings is 1. The van der Waals surface area contributed by atoms with Crippen molar-refractivity contribution in [2.75, 3.05) is 13.1 Å². The van der Waals surface area contributed by atoms with Gasteiger partial charge in [-0.2, -0.15) is 0 Å². The summed E-state index contributed by atoms with van der Waals surface area (Å²) in [4.78, 5) is 2.55. The van der Waals surface area contributed by atoms with Gasteiger partial charge in [-0.05, 0) is 91.5 Å². The number of hydrogen-bond acceptors (Lipinski definition) is 1. The van der Waals surface area contributed by atoms with Crippen molar-refractivity contribution in [2.24, 2.45) is 11.3 Å². The minimum absolute atomic E-state index is 0.526. The number of nitrogens with zero attached hydrogens (tertiary/aromatic N) is 1. The molecule has 1 saturated carbocycles. The topological polar surface area (TPSA) is 3.24 Å². The third kappa shape index (κ3) is 4.51. The van der Waals surface area contributed by atoms with Crippen molar-refractivity contribution in [3.63, 3.8) is 0 Å². The van der Waals surface area contributed by atoms with Crippen LogP contribution < -0.4 is 0 Å². The molecule has 2 atom stereocenters. The fourth-order valence-corrected chi connectivity index (χ4v) is 6.16. The van der Waals surface area contributed by atoms with Gasteiger partial charge in [0.15, 0.2) is 0 Å². The van der Waals surface area contributed by atoms with Crippen molar-refractivity contribution >= 4 is 5.70 Å². The average Bonchev–Trinajstić information content (AvgIpc) is 2.76. The van der Waals surface area contributed by atoms with Gasteiger partial charge in [-0.25, -0.2) is 0 Å². The fraction of sp³-hybridized carbons (Fsp3) is 0.517. The van der Waals surface area contributed by atoms with Crippen LogP contribution in [-0.2, 0) is 0 Å². The van der Waals surface area contributed by atoms with E-state index in [9.17, 15) is 0 Å². The Kier molecular flexibility index (Phi) is 6.37. The lowest BCUT2D eigenvalue weighted by Crippen LogP contribution is -2.43. The van der Waals surface area contributed by atoms with E-state index in [0.717, 1.165) is 24.9 Å². The molecule has 1 heteroatoms. The summed E-state index contributed by atoms with van der Waals surface area (Å²) in [7, 11) is 0. The SMILES string of the molecule is C=C(c1ccc(C)c(C)c1)N1CCC2(CC1)CC(CCC)CC(c1ccccc1)C2. The number of rotatable bonds is 5. The second-order valence-electron chi connectivity index (χ2n) is 10.1. The predicted molar refractivity (Wildman–Crippen MR) is 130 cm³/mol. The van der Waals surface area contributed by atoms with Gasteiger partial charge in [0.2, 0.25) is 0 Å². The van der Waals surface area contributed by atoms with E-state index < -0.39 is 0 Å². The highest BCUT2D eigenvalue weighted by Crippen LogP contribution is 2.53. The number of aryl methyl sites for hydroxylation is 2. The normalized spacial score (nSPS) is 23.5. The highest BCUT2D eigenvalue weighted by Gasteiger charge is 2.42. The highest BCUT2D eigenvalue weighted by atomic mass is 15.1. The molecule has 0 bridgehead atoms. The van der Waals surface area contributed by atoms with Crippen LogP contribution in [-0.4, -0.2) is 18.0 Å². The Morgan fingerprint density at radius 3 is 2.40 bits per heavy atom. The molecule has 0 radical (unpaired) electrons. The van der Waals surface area contributed by atoms with Gasteiger partial charge in [0.05, 0.1) is 0 Å². The monoisotopic (exact) mass is 401 g/mol. The lowest BCUT2D eigenvalue weighted by atomic mass is 9.59. The molecule has 2 aliphatic rings. The second kappa shape index (κ2) is 9.00. The van der Waals surface area contributed by atoms with Crippen LogP contribution in [0.15, 0.2) is 55.1 Å². The van der Waals surface area contributed by atoms with Gasteiger partial charge in [0.25, 0.3) is 0 Å². The van der Waals surface area contributed by atoms with E-state index in [1.807, 2.05) is 0 Å². The summed E-state index contributed by atoms with van der Waals surface area (Å²) in [5, 5.41) is 0. The Hall–Kier alpha value is -2.02. The Balaban J connectivity index is 1.47. The van der Waals surface area contributed by atoms with Gasteiger partial charge < -0.3 is 4.90 Å². The Bertz CT molecular complexity index is 857. The fourth-order valence-electron chi connectivity index (χ4n) is 6.16. The first-order valence-electron chi connectivity index (χ1n) is 12.1. The highest BCUT2D eigenvalue weighted by molar-refractivity contribution is 5.63. The van der Waals surface area contributed by atoms with Gasteiger partial charge >= 0.3 is 0 Å². The molecule has 1 heterocycles. The van der Waals surface area contributed by atoms with Crippen LogP contribution in [0.1, 0.15) is 80.0 Å². The Labute approximate surface area is 184 Å². The lowest BCUT2D eigenvalue weighted by Gasteiger charge is -2.50. The molecular formula is C29H39N. The molecule has 1 spiro atoms. The summed E-state index contributed by atoms with van der Waals surface area (Å²) in [5.74, 6) is 1.63. The first kappa shape index (κ1) is 21.2. The van der Waals surface area contributed by atoms with E-state index in [-0.39, 0.29) is 0 Å². The molecule has 1 saturated heterocycles. The van der Waals surface area contributed by atoms with Gasteiger partial charge in [-0.1, -0.05) is 68.8 Å². The quantitative estimate of drug-likeness (QED) is 0.495. The van der Waals surface area contributed by atoms with Crippen molar-refractivity contribution in [2.45, 2.75) is 71.6 Å². The van der Waals surface area contributed by atoms with E-state index in [4.69, 9.17) is 0 Å². The summed E-state index contributed by atoms with van der Waals surface area (Å²) in [6, 6.07) is 18.1. The maximum Gasteiger partial charge on any atom is 0.0366 e. The van der Waals surface area contributed by atoms with Crippen molar-refractivity contribution in [1.82, 2.24) is 4.90 Å². The molecule has 0 N–H and O–H groups in total. The van der Waals surface area contributed by atoms with E-state index in [0.29, 0.717) is 5.41 Å².